The van der Waals surface area contributed by atoms with Crippen molar-refractivity contribution in [2.45, 2.75) is 19.4 Å². The van der Waals surface area contributed by atoms with Gasteiger partial charge in [-0.3, -0.25) is 14.7 Å². The lowest BCUT2D eigenvalue weighted by molar-refractivity contribution is -0.126. The summed E-state index contributed by atoms with van der Waals surface area (Å²) in [6.45, 7) is 1.96. The average Bonchev–Trinajstić information content (AvgIpc) is 3.15. The van der Waals surface area contributed by atoms with Gasteiger partial charge in [0.15, 0.2) is 0 Å². The molecule has 0 saturated carbocycles. The summed E-state index contributed by atoms with van der Waals surface area (Å²) in [5.41, 5.74) is 2.69. The van der Waals surface area contributed by atoms with E-state index in [0.29, 0.717) is 11.4 Å². The second kappa shape index (κ2) is 8.11. The second-order valence-electron chi connectivity index (χ2n) is 5.97. The van der Waals surface area contributed by atoms with Crippen molar-refractivity contribution >= 4 is 17.6 Å². The van der Waals surface area contributed by atoms with E-state index in [1.54, 1.807) is 12.3 Å². The molecule has 2 amide bonds. The molecule has 0 aliphatic heterocycles. The highest BCUT2D eigenvalue weighted by molar-refractivity contribution is 5.97. The molecule has 2 aromatic carbocycles. The third kappa shape index (κ3) is 4.36. The first kappa shape index (κ1) is 17.4. The number of nitrogens with zero attached hydrogens (tertiary/aromatic N) is 1. The number of rotatable bonds is 6. The Morgan fingerprint density at radius 2 is 1.77 bits per heavy atom. The first-order valence-electron chi connectivity index (χ1n) is 8.32. The van der Waals surface area contributed by atoms with Crippen molar-refractivity contribution in [3.8, 4) is 0 Å². The molecule has 1 heterocycles. The largest absolute Gasteiger partial charge is 0.340 e. The minimum Gasteiger partial charge on any atom is -0.340 e. The number of benzene rings is 2. The summed E-state index contributed by atoms with van der Waals surface area (Å²) in [6.07, 6.45) is 1.76. The molecule has 132 valence electrons. The molecule has 6 heteroatoms. The Labute approximate surface area is 151 Å². The summed E-state index contributed by atoms with van der Waals surface area (Å²) in [6, 6.07) is 17.7. The van der Waals surface area contributed by atoms with Crippen molar-refractivity contribution in [3.63, 3.8) is 0 Å². The van der Waals surface area contributed by atoms with E-state index in [2.05, 4.69) is 20.8 Å². The number of carbonyl (C=O) groups is 2. The number of nitrogens with one attached hydrogen (secondary N) is 3. The van der Waals surface area contributed by atoms with E-state index in [9.17, 15) is 9.59 Å². The summed E-state index contributed by atoms with van der Waals surface area (Å²) >= 11 is 0. The van der Waals surface area contributed by atoms with Gasteiger partial charge >= 0.3 is 0 Å². The van der Waals surface area contributed by atoms with Crippen LogP contribution in [-0.2, 0) is 16.0 Å². The minimum atomic E-state index is -0.795. The molecule has 0 unspecified atom stereocenters. The van der Waals surface area contributed by atoms with Gasteiger partial charge in [-0.1, -0.05) is 54.6 Å². The van der Waals surface area contributed by atoms with Crippen LogP contribution in [0.4, 0.5) is 5.82 Å². The maximum atomic E-state index is 12.7. The highest BCUT2D eigenvalue weighted by Gasteiger charge is 2.23. The summed E-state index contributed by atoms with van der Waals surface area (Å²) in [5.74, 6) is -0.0735. The fourth-order valence-electron chi connectivity index (χ4n) is 2.67. The average molecular weight is 348 g/mol. The number of hydrogen-bond acceptors (Lipinski definition) is 3. The zero-order chi connectivity index (χ0) is 18.4. The van der Waals surface area contributed by atoms with Crippen LogP contribution in [-0.4, -0.2) is 22.0 Å². The molecule has 0 fully saturated rings. The Kier molecular flexibility index (Phi) is 5.43. The molecule has 0 aliphatic carbocycles. The lowest BCUT2D eigenvalue weighted by Crippen LogP contribution is -2.37. The summed E-state index contributed by atoms with van der Waals surface area (Å²) in [5, 5.41) is 12.1. The van der Waals surface area contributed by atoms with E-state index in [1.165, 1.54) is 0 Å². The predicted octanol–water partition coefficient (Wildman–Crippen LogP) is 2.76. The van der Waals surface area contributed by atoms with Crippen LogP contribution >= 0.6 is 0 Å². The SMILES string of the molecule is Cc1ccccc1CC(=O)N[C@@H](C(=O)Nc1ccn[nH]1)c1ccccc1. The Morgan fingerprint density at radius 3 is 2.46 bits per heavy atom. The molecule has 0 spiro atoms. The van der Waals surface area contributed by atoms with E-state index >= 15 is 0 Å². The Balaban J connectivity index is 1.76. The van der Waals surface area contributed by atoms with E-state index in [4.69, 9.17) is 0 Å². The summed E-state index contributed by atoms with van der Waals surface area (Å²) < 4.78 is 0. The smallest absolute Gasteiger partial charge is 0.252 e. The fraction of sp³-hybridized carbons (Fsp3) is 0.150. The van der Waals surface area contributed by atoms with E-state index < -0.39 is 6.04 Å². The van der Waals surface area contributed by atoms with Gasteiger partial charge in [-0.05, 0) is 23.6 Å². The van der Waals surface area contributed by atoms with Crippen LogP contribution in [0.3, 0.4) is 0 Å². The van der Waals surface area contributed by atoms with E-state index in [1.807, 2.05) is 61.5 Å². The monoisotopic (exact) mass is 348 g/mol. The first-order chi connectivity index (χ1) is 12.6. The summed E-state index contributed by atoms with van der Waals surface area (Å²) in [4.78, 5) is 25.2. The van der Waals surface area contributed by atoms with Crippen molar-refractivity contribution in [1.82, 2.24) is 15.5 Å². The molecule has 0 aliphatic rings. The Bertz CT molecular complexity index is 876. The Morgan fingerprint density at radius 1 is 1.04 bits per heavy atom. The van der Waals surface area contributed by atoms with Gasteiger partial charge in [-0.25, -0.2) is 0 Å². The standard InChI is InChI=1S/C20H20N4O2/c1-14-7-5-6-10-16(14)13-18(25)23-19(15-8-3-2-4-9-15)20(26)22-17-11-12-21-24-17/h2-12,19H,13H2,1H3,(H,23,25)(H2,21,22,24,26)/t19-/m1/s1. The third-order valence-corrected chi connectivity index (χ3v) is 4.07. The molecule has 6 nitrogen and oxygen atoms in total. The number of amides is 2. The molecule has 0 bridgehead atoms. The maximum Gasteiger partial charge on any atom is 0.252 e. The molecular weight excluding hydrogens is 328 g/mol. The first-order valence-corrected chi connectivity index (χ1v) is 8.32. The van der Waals surface area contributed by atoms with Gasteiger partial charge < -0.3 is 10.6 Å². The number of hydrogen-bond donors (Lipinski definition) is 3. The Hall–Kier alpha value is -3.41. The second-order valence-corrected chi connectivity index (χ2v) is 5.97. The van der Waals surface area contributed by atoms with Crippen LogP contribution in [0.15, 0.2) is 66.9 Å². The van der Waals surface area contributed by atoms with Gasteiger partial charge in [-0.2, -0.15) is 5.10 Å². The number of aryl methyl sites for hydroxylation is 1. The van der Waals surface area contributed by atoms with Gasteiger partial charge in [0, 0.05) is 6.07 Å². The number of aromatic nitrogens is 2. The number of anilines is 1. The quantitative estimate of drug-likeness (QED) is 0.640. The molecule has 1 atom stereocenters. The normalized spacial score (nSPS) is 11.6. The zero-order valence-electron chi connectivity index (χ0n) is 14.4. The number of aromatic amines is 1. The minimum absolute atomic E-state index is 0.215. The molecule has 3 aromatic rings. The fourth-order valence-corrected chi connectivity index (χ4v) is 2.67. The molecular formula is C20H20N4O2. The topological polar surface area (TPSA) is 86.9 Å². The highest BCUT2D eigenvalue weighted by Crippen LogP contribution is 2.16. The van der Waals surface area contributed by atoms with Crippen LogP contribution in [0.2, 0.25) is 0 Å². The number of carbonyl (C=O) groups excluding carboxylic acids is 2. The van der Waals surface area contributed by atoms with Crippen LogP contribution in [0.1, 0.15) is 22.7 Å². The van der Waals surface area contributed by atoms with Gasteiger partial charge in [0.2, 0.25) is 5.91 Å². The lowest BCUT2D eigenvalue weighted by atomic mass is 10.0. The molecule has 0 radical (unpaired) electrons. The van der Waals surface area contributed by atoms with Crippen LogP contribution in [0.25, 0.3) is 0 Å². The van der Waals surface area contributed by atoms with Crippen molar-refractivity contribution in [1.29, 1.82) is 0 Å². The molecule has 3 N–H and O–H groups in total. The van der Waals surface area contributed by atoms with Crippen LogP contribution in [0, 0.1) is 6.92 Å². The molecule has 3 rings (SSSR count). The third-order valence-electron chi connectivity index (χ3n) is 4.07. The molecule has 0 saturated heterocycles. The summed E-state index contributed by atoms with van der Waals surface area (Å²) in [7, 11) is 0. The van der Waals surface area contributed by atoms with Crippen molar-refractivity contribution in [2.75, 3.05) is 5.32 Å². The lowest BCUT2D eigenvalue weighted by Gasteiger charge is -2.19. The van der Waals surface area contributed by atoms with E-state index in [-0.39, 0.29) is 18.2 Å². The predicted molar refractivity (Wildman–Crippen MR) is 99.4 cm³/mol. The van der Waals surface area contributed by atoms with Crippen LogP contribution in [0.5, 0.6) is 0 Å². The van der Waals surface area contributed by atoms with Crippen molar-refractivity contribution in [3.05, 3.63) is 83.6 Å². The maximum absolute atomic E-state index is 12.7. The van der Waals surface area contributed by atoms with Gasteiger partial charge in [0.25, 0.3) is 5.91 Å². The highest BCUT2D eigenvalue weighted by atomic mass is 16.2. The molecule has 1 aromatic heterocycles. The van der Waals surface area contributed by atoms with Gasteiger partial charge in [-0.15, -0.1) is 0 Å². The van der Waals surface area contributed by atoms with Crippen LogP contribution < -0.4 is 10.6 Å². The van der Waals surface area contributed by atoms with E-state index in [0.717, 1.165) is 11.1 Å². The molecule has 26 heavy (non-hydrogen) atoms. The van der Waals surface area contributed by atoms with Crippen molar-refractivity contribution < 1.29 is 9.59 Å². The van der Waals surface area contributed by atoms with Crippen molar-refractivity contribution in [2.24, 2.45) is 0 Å². The van der Waals surface area contributed by atoms with Gasteiger partial charge in [0.05, 0.1) is 12.6 Å². The number of H-pyrrole nitrogens is 1. The van der Waals surface area contributed by atoms with Gasteiger partial charge in [0.1, 0.15) is 11.9 Å². The zero-order valence-corrected chi connectivity index (χ0v) is 14.4.